The molecule has 2 aliphatic carbocycles. The summed E-state index contributed by atoms with van der Waals surface area (Å²) in [5.41, 5.74) is 2.23. The molecule has 0 aromatic heterocycles. The molecule has 1 fully saturated rings. The molecule has 0 radical (unpaired) electrons. The Kier molecular flexibility index (Phi) is 15.7. The van der Waals surface area contributed by atoms with E-state index in [1.807, 2.05) is 13.0 Å². The largest absolute Gasteiger partial charge is 0.459 e. The maximum absolute atomic E-state index is 13.8. The fraction of sp³-hybridized carbons (Fsp3) is 0.561. The first-order valence-corrected chi connectivity index (χ1v) is 19.4. The van der Waals surface area contributed by atoms with E-state index in [1.54, 1.807) is 30.3 Å². The third kappa shape index (κ3) is 9.52. The van der Waals surface area contributed by atoms with Crippen LogP contribution < -0.4 is 9.47 Å². The van der Waals surface area contributed by atoms with Gasteiger partial charge in [0, 0.05) is 43.7 Å². The average molecular weight is 782 g/mol. The number of rotatable bonds is 22. The molecule has 1 heterocycles. The first-order chi connectivity index (χ1) is 27.3. The van der Waals surface area contributed by atoms with Crippen LogP contribution in [-0.4, -0.2) is 109 Å². The number of non-ortho nitro benzene ring substituents is 1. The Morgan fingerprint density at radius 2 is 1.84 bits per heavy atom. The first-order valence-electron chi connectivity index (χ1n) is 19.4. The number of carbonyl (C=O) groups is 1. The van der Waals surface area contributed by atoms with Gasteiger partial charge in [-0.1, -0.05) is 36.2 Å². The van der Waals surface area contributed by atoms with Gasteiger partial charge in [0.05, 0.1) is 56.2 Å². The molecule has 0 saturated heterocycles. The van der Waals surface area contributed by atoms with Crippen LogP contribution in [0.5, 0.6) is 17.2 Å². The van der Waals surface area contributed by atoms with E-state index in [-0.39, 0.29) is 76.0 Å². The monoisotopic (exact) mass is 781 g/mol. The van der Waals surface area contributed by atoms with Crippen LogP contribution in [0.3, 0.4) is 0 Å². The van der Waals surface area contributed by atoms with Crippen molar-refractivity contribution in [1.82, 2.24) is 4.90 Å². The van der Waals surface area contributed by atoms with Crippen molar-refractivity contribution in [2.24, 2.45) is 22.9 Å². The summed E-state index contributed by atoms with van der Waals surface area (Å²) in [6.07, 6.45) is 7.71. The number of ether oxygens (including phenoxy) is 5. The van der Waals surface area contributed by atoms with Crippen molar-refractivity contribution < 1.29 is 53.6 Å². The number of aliphatic hydroxyl groups excluding tert-OH is 3. The maximum atomic E-state index is 13.8. The molecule has 15 heteroatoms. The summed E-state index contributed by atoms with van der Waals surface area (Å²) >= 11 is 0. The molecule has 0 spiro atoms. The highest BCUT2D eigenvalue weighted by molar-refractivity contribution is 6.03. The molecule has 1 saturated carbocycles. The Balaban J connectivity index is 1.75. The highest BCUT2D eigenvalue weighted by atomic mass is 16.7. The van der Waals surface area contributed by atoms with Gasteiger partial charge in [0.15, 0.2) is 0 Å². The lowest BCUT2D eigenvalue weighted by Gasteiger charge is -2.59. The Bertz CT molecular complexity index is 1700. The summed E-state index contributed by atoms with van der Waals surface area (Å²) in [5.74, 6) is -1.11. The molecule has 6 atom stereocenters. The smallest absolute Gasteiger partial charge is 0.410 e. The van der Waals surface area contributed by atoms with Crippen LogP contribution in [-0.2, 0) is 19.0 Å². The minimum Gasteiger partial charge on any atom is -0.459 e. The van der Waals surface area contributed by atoms with E-state index in [9.17, 15) is 30.2 Å². The molecule has 2 aromatic carbocycles. The van der Waals surface area contributed by atoms with E-state index in [1.165, 1.54) is 24.1 Å². The quantitative estimate of drug-likeness (QED) is 0.0538. The van der Waals surface area contributed by atoms with Gasteiger partial charge in [-0.25, -0.2) is 4.79 Å². The number of allylic oxidation sites excluding steroid dienone is 1. The third-order valence-electron chi connectivity index (χ3n) is 10.7. The van der Waals surface area contributed by atoms with Crippen LogP contribution in [0, 0.1) is 27.9 Å². The molecule has 306 valence electrons. The summed E-state index contributed by atoms with van der Waals surface area (Å²) in [6, 6.07) is 10.6. The topological polar surface area (TPSA) is 192 Å². The van der Waals surface area contributed by atoms with E-state index in [2.05, 4.69) is 17.8 Å². The van der Waals surface area contributed by atoms with E-state index < -0.39 is 28.8 Å². The molecule has 15 nitrogen and oxygen atoms in total. The van der Waals surface area contributed by atoms with E-state index in [0.717, 1.165) is 36.8 Å². The standard InChI is InChI=1S/C41H55N3O12/c1-4-21-53-41-37(43(40(48)51-3)17-22-52-23-20-47)27-35(42-54-5-2)33-24-28(11-6-8-18-45)32(14-7-9-19-46)38(39(33)41)34-26-31(15-16-36(34)56-41)55-30-13-10-12-29(25-30)44(49)50/h4,10,12-13,15-16,24-26,28,32,37-39,45-47H,1,5-9,11,14,17-23,27H2,2-3H3/t28-,32+,37-,38+,39+,41+/m0/s1. The predicted molar refractivity (Wildman–Crippen MR) is 207 cm³/mol. The molecule has 56 heavy (non-hydrogen) atoms. The number of nitrogens with zero attached hydrogens (tertiary/aromatic N) is 3. The minimum atomic E-state index is -1.50. The lowest BCUT2D eigenvalue weighted by molar-refractivity contribution is -0.384. The first kappa shape index (κ1) is 42.6. The number of hydrogen-bond acceptors (Lipinski definition) is 13. The van der Waals surface area contributed by atoms with E-state index in [0.29, 0.717) is 42.4 Å². The van der Waals surface area contributed by atoms with Crippen LogP contribution in [0.15, 0.2) is 71.9 Å². The molecule has 3 aliphatic rings. The van der Waals surface area contributed by atoms with Crippen molar-refractivity contribution in [3.8, 4) is 17.2 Å². The molecule has 1 aliphatic heterocycles. The fourth-order valence-corrected chi connectivity index (χ4v) is 8.47. The lowest BCUT2D eigenvalue weighted by atomic mass is 9.55. The number of oxime groups is 1. The van der Waals surface area contributed by atoms with Gasteiger partial charge < -0.3 is 43.8 Å². The van der Waals surface area contributed by atoms with Gasteiger partial charge in [-0.3, -0.25) is 15.0 Å². The SMILES string of the molecule is C=CCO[C@@]12Oc3ccc(Oc4cccc([N+](=O)[O-])c4)cc3[C@H]3[C@H](CCCCO)[C@@H](CCCCO)C=C(C(=NOCC)C[C@@H]1N(CCOCCO)C(=O)OC)[C@H]32. The van der Waals surface area contributed by atoms with Crippen molar-refractivity contribution in [1.29, 1.82) is 0 Å². The number of fused-ring (bicyclic) bond motifs is 2. The van der Waals surface area contributed by atoms with Crippen LogP contribution in [0.2, 0.25) is 0 Å². The summed E-state index contributed by atoms with van der Waals surface area (Å²) in [5, 5.41) is 45.2. The van der Waals surface area contributed by atoms with Gasteiger partial charge in [-0.15, -0.1) is 6.58 Å². The lowest BCUT2D eigenvalue weighted by Crippen LogP contribution is -2.70. The second-order valence-electron chi connectivity index (χ2n) is 14.0. The molecular formula is C41H55N3O12. The molecule has 5 rings (SSSR count). The van der Waals surface area contributed by atoms with Crippen molar-refractivity contribution in [3.05, 3.63) is 82.4 Å². The summed E-state index contributed by atoms with van der Waals surface area (Å²) in [6.45, 7) is 6.39. The molecule has 2 aromatic rings. The second-order valence-corrected chi connectivity index (χ2v) is 14.0. The molecule has 3 N–H and O–H groups in total. The second kappa shape index (κ2) is 20.6. The number of unbranched alkanes of at least 4 members (excludes halogenated alkanes) is 2. The van der Waals surface area contributed by atoms with Crippen LogP contribution in [0.1, 0.15) is 63.4 Å². The maximum Gasteiger partial charge on any atom is 0.410 e. The highest BCUT2D eigenvalue weighted by Crippen LogP contribution is 2.62. The van der Waals surface area contributed by atoms with Crippen LogP contribution in [0.4, 0.5) is 10.5 Å². The van der Waals surface area contributed by atoms with Gasteiger partial charge in [-0.05, 0) is 74.3 Å². The highest BCUT2D eigenvalue weighted by Gasteiger charge is 2.65. The number of carbonyl (C=O) groups excluding carboxylic acids is 1. The average Bonchev–Trinajstić information content (AvgIpc) is 3.20. The number of nitro groups is 1. The van der Waals surface area contributed by atoms with Crippen molar-refractivity contribution in [2.45, 2.75) is 69.6 Å². The number of amides is 1. The summed E-state index contributed by atoms with van der Waals surface area (Å²) in [4.78, 5) is 32.1. The zero-order valence-corrected chi connectivity index (χ0v) is 32.3. The zero-order valence-electron chi connectivity index (χ0n) is 32.3. The Morgan fingerprint density at radius 1 is 1.07 bits per heavy atom. The van der Waals surface area contributed by atoms with Gasteiger partial charge in [-0.2, -0.15) is 0 Å². The van der Waals surface area contributed by atoms with Crippen LogP contribution >= 0.6 is 0 Å². The zero-order chi connectivity index (χ0) is 40.1. The number of methoxy groups -OCH3 is 1. The van der Waals surface area contributed by atoms with Crippen molar-refractivity contribution in [3.63, 3.8) is 0 Å². The molecular weight excluding hydrogens is 726 g/mol. The van der Waals surface area contributed by atoms with Gasteiger partial charge in [0.25, 0.3) is 5.69 Å². The molecule has 0 bridgehead atoms. The summed E-state index contributed by atoms with van der Waals surface area (Å²) in [7, 11) is 1.31. The predicted octanol–water partition coefficient (Wildman–Crippen LogP) is 6.12. The summed E-state index contributed by atoms with van der Waals surface area (Å²) < 4.78 is 31.3. The Hall–Kier alpha value is -4.54. The third-order valence-corrected chi connectivity index (χ3v) is 10.7. The number of benzene rings is 2. The minimum absolute atomic E-state index is 0.0212. The molecule has 0 unspecified atom stereocenters. The van der Waals surface area contributed by atoms with Crippen molar-refractivity contribution in [2.75, 3.05) is 59.9 Å². The Morgan fingerprint density at radius 3 is 2.54 bits per heavy atom. The van der Waals surface area contributed by atoms with Crippen LogP contribution in [0.25, 0.3) is 0 Å². The Labute approximate surface area is 327 Å². The van der Waals surface area contributed by atoms with E-state index >= 15 is 0 Å². The normalized spacial score (nSPS) is 24.3. The number of hydrogen-bond donors (Lipinski definition) is 3. The fourth-order valence-electron chi connectivity index (χ4n) is 8.47. The van der Waals surface area contributed by atoms with Gasteiger partial charge in [0.2, 0.25) is 5.79 Å². The molecule has 1 amide bonds. The number of aliphatic hydroxyl groups is 3. The van der Waals surface area contributed by atoms with Gasteiger partial charge >= 0.3 is 6.09 Å². The number of nitro benzene ring substituents is 1. The van der Waals surface area contributed by atoms with Crippen molar-refractivity contribution >= 4 is 17.5 Å². The van der Waals surface area contributed by atoms with Gasteiger partial charge in [0.1, 0.15) is 29.9 Å². The van der Waals surface area contributed by atoms with E-state index in [4.69, 9.17) is 28.5 Å².